The number of nitrogens with zero attached hydrogens (tertiary/aromatic N) is 1. The number of benzene rings is 1. The maximum absolute atomic E-state index is 6.09. The Labute approximate surface area is 122 Å². The van der Waals surface area contributed by atoms with Gasteiger partial charge < -0.3 is 15.0 Å². The van der Waals surface area contributed by atoms with Gasteiger partial charge in [-0.05, 0) is 63.4 Å². The molecule has 3 rings (SSSR count). The summed E-state index contributed by atoms with van der Waals surface area (Å²) in [6.07, 6.45) is 6.47. The summed E-state index contributed by atoms with van der Waals surface area (Å²) in [6.45, 7) is 3.48. The van der Waals surface area contributed by atoms with Crippen molar-refractivity contribution in [1.82, 2.24) is 10.2 Å². The van der Waals surface area contributed by atoms with Gasteiger partial charge in [0.25, 0.3) is 0 Å². The van der Waals surface area contributed by atoms with Crippen molar-refractivity contribution in [3.05, 3.63) is 29.8 Å². The van der Waals surface area contributed by atoms with Crippen LogP contribution in [0.15, 0.2) is 24.3 Å². The predicted octanol–water partition coefficient (Wildman–Crippen LogP) is 2.45. The molecule has 20 heavy (non-hydrogen) atoms. The Morgan fingerprint density at radius 3 is 2.55 bits per heavy atom. The van der Waals surface area contributed by atoms with Crippen molar-refractivity contribution in [3.8, 4) is 5.75 Å². The van der Waals surface area contributed by atoms with Crippen molar-refractivity contribution in [2.75, 3.05) is 26.7 Å². The first-order chi connectivity index (χ1) is 9.79. The van der Waals surface area contributed by atoms with Crippen molar-refractivity contribution in [2.24, 2.45) is 0 Å². The van der Waals surface area contributed by atoms with Crippen LogP contribution in [0.2, 0.25) is 0 Å². The molecule has 0 radical (unpaired) electrons. The van der Waals surface area contributed by atoms with Crippen molar-refractivity contribution >= 4 is 0 Å². The summed E-state index contributed by atoms with van der Waals surface area (Å²) in [5.74, 6) is 1.03. The van der Waals surface area contributed by atoms with Crippen molar-refractivity contribution in [2.45, 2.75) is 44.2 Å². The fraction of sp³-hybridized carbons (Fsp3) is 0.647. The summed E-state index contributed by atoms with van der Waals surface area (Å²) in [6, 6.07) is 9.41. The Hall–Kier alpha value is -1.06. The van der Waals surface area contributed by atoms with E-state index in [1.807, 2.05) is 0 Å². The van der Waals surface area contributed by atoms with E-state index in [4.69, 9.17) is 4.74 Å². The molecular formula is C17H26N2O. The number of hydrogen-bond donors (Lipinski definition) is 1. The van der Waals surface area contributed by atoms with Crippen LogP contribution in [0.25, 0.3) is 0 Å². The van der Waals surface area contributed by atoms with Gasteiger partial charge in [0.2, 0.25) is 0 Å². The Bertz CT molecular complexity index is 404. The molecule has 110 valence electrons. The highest BCUT2D eigenvalue weighted by Gasteiger charge is 2.18. The van der Waals surface area contributed by atoms with Crippen molar-refractivity contribution in [1.29, 1.82) is 0 Å². The minimum Gasteiger partial charge on any atom is -0.490 e. The Balaban J connectivity index is 1.50. The van der Waals surface area contributed by atoms with Crippen LogP contribution in [-0.4, -0.2) is 43.7 Å². The first kappa shape index (κ1) is 13.9. The average Bonchev–Trinajstić information content (AvgIpc) is 2.96. The van der Waals surface area contributed by atoms with E-state index in [1.54, 1.807) is 0 Å². The Morgan fingerprint density at radius 1 is 1.15 bits per heavy atom. The Morgan fingerprint density at radius 2 is 1.90 bits per heavy atom. The lowest BCUT2D eigenvalue weighted by molar-refractivity contribution is 0.114. The van der Waals surface area contributed by atoms with Crippen LogP contribution in [0.5, 0.6) is 5.75 Å². The van der Waals surface area contributed by atoms with Crippen LogP contribution in [0.1, 0.15) is 31.2 Å². The van der Waals surface area contributed by atoms with E-state index in [0.717, 1.165) is 38.1 Å². The third-order valence-electron chi connectivity index (χ3n) is 4.54. The molecule has 2 heterocycles. The standard InChI is InChI=1S/C17H26N2O/c1-19-11-8-17(9-12-19)20-16-6-4-14(5-7-16)13-15-3-2-10-18-15/h4-7,15,17-18H,2-3,8-13H2,1H3. The van der Waals surface area contributed by atoms with Crippen LogP contribution in [0.4, 0.5) is 0 Å². The van der Waals surface area contributed by atoms with E-state index < -0.39 is 0 Å². The molecule has 3 nitrogen and oxygen atoms in total. The van der Waals surface area contributed by atoms with Crippen molar-refractivity contribution < 1.29 is 4.74 Å². The highest BCUT2D eigenvalue weighted by molar-refractivity contribution is 5.28. The van der Waals surface area contributed by atoms with Gasteiger partial charge in [-0.3, -0.25) is 0 Å². The number of likely N-dealkylation sites (tertiary alicyclic amines) is 1. The molecule has 0 bridgehead atoms. The highest BCUT2D eigenvalue weighted by Crippen LogP contribution is 2.20. The molecule has 3 heteroatoms. The van der Waals surface area contributed by atoms with E-state index in [1.165, 1.54) is 24.9 Å². The SMILES string of the molecule is CN1CCC(Oc2ccc(CC3CCCN3)cc2)CC1. The molecule has 0 amide bonds. The van der Waals surface area contributed by atoms with Gasteiger partial charge >= 0.3 is 0 Å². The highest BCUT2D eigenvalue weighted by atomic mass is 16.5. The molecule has 0 aromatic heterocycles. The van der Waals surface area contributed by atoms with Crippen LogP contribution in [-0.2, 0) is 6.42 Å². The second-order valence-electron chi connectivity index (χ2n) is 6.26. The van der Waals surface area contributed by atoms with E-state index in [-0.39, 0.29) is 0 Å². The van der Waals surface area contributed by atoms with Crippen molar-refractivity contribution in [3.63, 3.8) is 0 Å². The lowest BCUT2D eigenvalue weighted by atomic mass is 10.0. The molecule has 1 N–H and O–H groups in total. The molecule has 2 saturated heterocycles. The van der Waals surface area contributed by atoms with Crippen LogP contribution < -0.4 is 10.1 Å². The van der Waals surface area contributed by atoms with E-state index in [2.05, 4.69) is 41.5 Å². The average molecular weight is 274 g/mol. The topological polar surface area (TPSA) is 24.5 Å². The largest absolute Gasteiger partial charge is 0.490 e. The molecule has 2 aliphatic rings. The lowest BCUT2D eigenvalue weighted by Gasteiger charge is -2.29. The molecule has 2 fully saturated rings. The minimum absolute atomic E-state index is 0.397. The van der Waals surface area contributed by atoms with Gasteiger partial charge in [-0.2, -0.15) is 0 Å². The zero-order valence-corrected chi connectivity index (χ0v) is 12.5. The molecule has 0 aliphatic carbocycles. The first-order valence-corrected chi connectivity index (χ1v) is 7.97. The van der Waals surface area contributed by atoms with Gasteiger partial charge in [0.1, 0.15) is 11.9 Å². The summed E-state index contributed by atoms with van der Waals surface area (Å²) >= 11 is 0. The van der Waals surface area contributed by atoms with Crippen LogP contribution >= 0.6 is 0 Å². The number of piperidine rings is 1. The fourth-order valence-electron chi connectivity index (χ4n) is 3.21. The number of hydrogen-bond acceptors (Lipinski definition) is 3. The van der Waals surface area contributed by atoms with Gasteiger partial charge in [0.05, 0.1) is 0 Å². The lowest BCUT2D eigenvalue weighted by Crippen LogP contribution is -2.35. The summed E-state index contributed by atoms with van der Waals surface area (Å²) in [5.41, 5.74) is 1.42. The zero-order chi connectivity index (χ0) is 13.8. The number of nitrogens with one attached hydrogen (secondary N) is 1. The van der Waals surface area contributed by atoms with Crippen LogP contribution in [0, 0.1) is 0 Å². The summed E-state index contributed by atoms with van der Waals surface area (Å²) in [5, 5.41) is 3.55. The number of ether oxygens (including phenoxy) is 1. The predicted molar refractivity (Wildman–Crippen MR) is 82.3 cm³/mol. The quantitative estimate of drug-likeness (QED) is 0.913. The monoisotopic (exact) mass is 274 g/mol. The number of rotatable bonds is 4. The van der Waals surface area contributed by atoms with Gasteiger partial charge in [0.15, 0.2) is 0 Å². The van der Waals surface area contributed by atoms with E-state index in [0.29, 0.717) is 12.1 Å². The van der Waals surface area contributed by atoms with E-state index >= 15 is 0 Å². The van der Waals surface area contributed by atoms with E-state index in [9.17, 15) is 0 Å². The van der Waals surface area contributed by atoms with Gasteiger partial charge in [-0.15, -0.1) is 0 Å². The third kappa shape index (κ3) is 3.74. The molecular weight excluding hydrogens is 248 g/mol. The summed E-state index contributed by atoms with van der Waals surface area (Å²) < 4.78 is 6.09. The second-order valence-corrected chi connectivity index (χ2v) is 6.26. The summed E-state index contributed by atoms with van der Waals surface area (Å²) in [7, 11) is 2.18. The maximum atomic E-state index is 6.09. The Kier molecular flexibility index (Phi) is 4.58. The zero-order valence-electron chi connectivity index (χ0n) is 12.5. The smallest absolute Gasteiger partial charge is 0.119 e. The normalized spacial score (nSPS) is 24.9. The molecule has 1 atom stereocenters. The van der Waals surface area contributed by atoms with Gasteiger partial charge in [-0.25, -0.2) is 0 Å². The van der Waals surface area contributed by atoms with Crippen LogP contribution in [0.3, 0.4) is 0 Å². The minimum atomic E-state index is 0.397. The molecule has 1 unspecified atom stereocenters. The molecule has 1 aromatic rings. The second kappa shape index (κ2) is 6.59. The maximum Gasteiger partial charge on any atom is 0.119 e. The molecule has 0 saturated carbocycles. The van der Waals surface area contributed by atoms with Gasteiger partial charge in [0, 0.05) is 19.1 Å². The molecule has 0 spiro atoms. The van der Waals surface area contributed by atoms with Gasteiger partial charge in [-0.1, -0.05) is 12.1 Å². The first-order valence-electron chi connectivity index (χ1n) is 7.97. The fourth-order valence-corrected chi connectivity index (χ4v) is 3.21. The third-order valence-corrected chi connectivity index (χ3v) is 4.54. The molecule has 2 aliphatic heterocycles. The molecule has 1 aromatic carbocycles. The summed E-state index contributed by atoms with van der Waals surface area (Å²) in [4.78, 5) is 2.37.